The van der Waals surface area contributed by atoms with Crippen molar-refractivity contribution in [3.63, 3.8) is 0 Å². The summed E-state index contributed by atoms with van der Waals surface area (Å²) in [5.41, 5.74) is 7.14. The first kappa shape index (κ1) is 14.6. The number of fused-ring (bicyclic) bond motifs is 2. The number of hydrogen-bond acceptors (Lipinski definition) is 3. The van der Waals surface area contributed by atoms with E-state index in [4.69, 9.17) is 5.73 Å². The van der Waals surface area contributed by atoms with Gasteiger partial charge in [-0.1, -0.05) is 18.9 Å². The number of thioether (sulfide) groups is 1. The third-order valence-corrected chi connectivity index (χ3v) is 6.14. The molecule has 3 nitrogen and oxygen atoms in total. The maximum Gasteiger partial charge on any atom is 0.224 e. The minimum atomic E-state index is -0.325. The van der Waals surface area contributed by atoms with Crippen LogP contribution in [0, 0.1) is 11.8 Å². The predicted molar refractivity (Wildman–Crippen MR) is 84.6 cm³/mol. The molecule has 1 heterocycles. The Balaban J connectivity index is 1.95. The first-order chi connectivity index (χ1) is 10.1. The van der Waals surface area contributed by atoms with E-state index in [0.29, 0.717) is 11.7 Å². The van der Waals surface area contributed by atoms with Crippen LogP contribution in [-0.2, 0) is 4.79 Å². The molecule has 2 aliphatic rings. The molecule has 1 fully saturated rings. The fourth-order valence-corrected chi connectivity index (χ4v) is 4.78. The molecule has 3 atom stereocenters. The van der Waals surface area contributed by atoms with E-state index in [1.165, 1.54) is 19.3 Å². The minimum absolute atomic E-state index is 0.201. The van der Waals surface area contributed by atoms with E-state index >= 15 is 0 Å². The number of carbonyl (C=O) groups excluding carboxylic acids is 2. The molecule has 1 aromatic carbocycles. The zero-order valence-electron chi connectivity index (χ0n) is 12.3. The van der Waals surface area contributed by atoms with E-state index in [1.54, 1.807) is 11.8 Å². The summed E-state index contributed by atoms with van der Waals surface area (Å²) in [5, 5.41) is 0. The van der Waals surface area contributed by atoms with Gasteiger partial charge in [0.1, 0.15) is 0 Å². The highest BCUT2D eigenvalue weighted by atomic mass is 32.2. The minimum Gasteiger partial charge on any atom is -0.369 e. The molecule has 2 N–H and O–H groups in total. The van der Waals surface area contributed by atoms with Crippen LogP contribution in [0.25, 0.3) is 0 Å². The van der Waals surface area contributed by atoms with Crippen LogP contribution in [-0.4, -0.2) is 17.4 Å². The summed E-state index contributed by atoms with van der Waals surface area (Å²) in [5.74, 6) is 1.40. The number of rotatable bonds is 2. The number of carbonyl (C=O) groups is 2. The van der Waals surface area contributed by atoms with Gasteiger partial charge in [0, 0.05) is 22.1 Å². The highest BCUT2D eigenvalue weighted by Gasteiger charge is 2.35. The molecule has 1 amide bonds. The van der Waals surface area contributed by atoms with Crippen LogP contribution in [0.4, 0.5) is 0 Å². The van der Waals surface area contributed by atoms with Crippen molar-refractivity contribution in [3.8, 4) is 0 Å². The van der Waals surface area contributed by atoms with E-state index in [2.05, 4.69) is 0 Å². The maximum absolute atomic E-state index is 12.8. The Morgan fingerprint density at radius 3 is 2.86 bits per heavy atom. The quantitative estimate of drug-likeness (QED) is 0.911. The Kier molecular flexibility index (Phi) is 4.07. The summed E-state index contributed by atoms with van der Waals surface area (Å²) in [6.07, 6.45) is 4.61. The lowest BCUT2D eigenvalue weighted by Crippen LogP contribution is -2.27. The molecule has 0 unspecified atom stereocenters. The second-order valence-corrected chi connectivity index (χ2v) is 7.27. The molecule has 0 aromatic heterocycles. The number of amides is 1. The zero-order chi connectivity index (χ0) is 15.0. The van der Waals surface area contributed by atoms with E-state index in [1.807, 2.05) is 25.1 Å². The molecule has 1 aliphatic heterocycles. The van der Waals surface area contributed by atoms with Gasteiger partial charge < -0.3 is 5.73 Å². The number of Topliss-reactive ketones (excluding diaryl/α,β-unsaturated/α-hetero) is 1. The van der Waals surface area contributed by atoms with Crippen molar-refractivity contribution in [2.75, 3.05) is 5.75 Å². The van der Waals surface area contributed by atoms with Gasteiger partial charge in [0.15, 0.2) is 5.78 Å². The third-order valence-electron chi connectivity index (χ3n) is 4.90. The highest BCUT2D eigenvalue weighted by molar-refractivity contribution is 7.99. The summed E-state index contributed by atoms with van der Waals surface area (Å²) in [6, 6.07) is 5.77. The molecule has 1 aliphatic carbocycles. The van der Waals surface area contributed by atoms with Crippen molar-refractivity contribution < 1.29 is 9.59 Å². The molecule has 0 bridgehead atoms. The van der Waals surface area contributed by atoms with Gasteiger partial charge in [-0.05, 0) is 43.4 Å². The Bertz CT molecular complexity index is 584. The molecule has 0 spiro atoms. The lowest BCUT2D eigenvalue weighted by Gasteiger charge is -2.28. The van der Waals surface area contributed by atoms with Crippen molar-refractivity contribution in [3.05, 3.63) is 29.3 Å². The molecule has 4 heteroatoms. The largest absolute Gasteiger partial charge is 0.369 e. The first-order valence-electron chi connectivity index (χ1n) is 7.68. The van der Waals surface area contributed by atoms with E-state index < -0.39 is 0 Å². The van der Waals surface area contributed by atoms with Crippen LogP contribution < -0.4 is 5.73 Å². The van der Waals surface area contributed by atoms with Gasteiger partial charge in [0.25, 0.3) is 0 Å². The summed E-state index contributed by atoms with van der Waals surface area (Å²) < 4.78 is 0. The molecular formula is C17H21NO2S. The molecule has 0 radical (unpaired) electrons. The average molecular weight is 303 g/mol. The summed E-state index contributed by atoms with van der Waals surface area (Å²) in [7, 11) is 0. The third kappa shape index (κ3) is 2.73. The van der Waals surface area contributed by atoms with Crippen LogP contribution in [0.5, 0.6) is 0 Å². The number of benzene rings is 1. The zero-order valence-corrected chi connectivity index (χ0v) is 13.1. The van der Waals surface area contributed by atoms with E-state index in [9.17, 15) is 9.59 Å². The Hall–Kier alpha value is -1.29. The molecule has 112 valence electrons. The van der Waals surface area contributed by atoms with Gasteiger partial charge in [0.05, 0.1) is 5.92 Å². The van der Waals surface area contributed by atoms with Gasteiger partial charge >= 0.3 is 0 Å². The first-order valence-corrected chi connectivity index (χ1v) is 8.66. The Morgan fingerprint density at radius 2 is 2.10 bits per heavy atom. The smallest absolute Gasteiger partial charge is 0.224 e. The number of primary amides is 1. The van der Waals surface area contributed by atoms with Crippen molar-refractivity contribution in [2.45, 2.75) is 43.4 Å². The van der Waals surface area contributed by atoms with E-state index in [0.717, 1.165) is 28.2 Å². The fourth-order valence-electron chi connectivity index (χ4n) is 3.44. The molecule has 3 rings (SSSR count). The van der Waals surface area contributed by atoms with Gasteiger partial charge in [-0.2, -0.15) is 0 Å². The Morgan fingerprint density at radius 1 is 1.33 bits per heavy atom. The van der Waals surface area contributed by atoms with Gasteiger partial charge in [-0.25, -0.2) is 0 Å². The van der Waals surface area contributed by atoms with Crippen molar-refractivity contribution >= 4 is 23.5 Å². The predicted octanol–water partition coefficient (Wildman–Crippen LogP) is 3.37. The molecule has 1 aromatic rings. The lowest BCUT2D eigenvalue weighted by atomic mass is 9.76. The van der Waals surface area contributed by atoms with Crippen LogP contribution in [0.3, 0.4) is 0 Å². The maximum atomic E-state index is 12.8. The highest BCUT2D eigenvalue weighted by Crippen LogP contribution is 2.42. The molecular weight excluding hydrogens is 282 g/mol. The average Bonchev–Trinajstić information content (AvgIpc) is 2.64. The van der Waals surface area contributed by atoms with Crippen LogP contribution in [0.15, 0.2) is 23.1 Å². The van der Waals surface area contributed by atoms with Crippen LogP contribution in [0.2, 0.25) is 0 Å². The van der Waals surface area contributed by atoms with Crippen molar-refractivity contribution in [2.24, 2.45) is 17.6 Å². The fraction of sp³-hybridized carbons (Fsp3) is 0.529. The van der Waals surface area contributed by atoms with E-state index in [-0.39, 0.29) is 17.7 Å². The van der Waals surface area contributed by atoms with Crippen molar-refractivity contribution in [1.29, 1.82) is 0 Å². The second kappa shape index (κ2) is 5.84. The van der Waals surface area contributed by atoms with Crippen LogP contribution in [0.1, 0.15) is 54.4 Å². The monoisotopic (exact) mass is 303 g/mol. The van der Waals surface area contributed by atoms with Gasteiger partial charge in [-0.3, -0.25) is 9.59 Å². The Labute approximate surface area is 129 Å². The van der Waals surface area contributed by atoms with Crippen molar-refractivity contribution in [1.82, 2.24) is 0 Å². The molecule has 1 saturated carbocycles. The summed E-state index contributed by atoms with van der Waals surface area (Å²) >= 11 is 1.77. The molecule has 21 heavy (non-hydrogen) atoms. The topological polar surface area (TPSA) is 60.2 Å². The lowest BCUT2D eigenvalue weighted by molar-refractivity contribution is -0.119. The van der Waals surface area contributed by atoms with Gasteiger partial charge in [0.2, 0.25) is 5.91 Å². The molecule has 0 saturated heterocycles. The SMILES string of the molecule is C[C@H](C(N)=O)c1ccc2c(c1)SC[C@H]1CCCC[C@@H]1C2=O. The van der Waals surface area contributed by atoms with Crippen LogP contribution >= 0.6 is 11.8 Å². The summed E-state index contributed by atoms with van der Waals surface area (Å²) in [6.45, 7) is 1.81. The normalized spacial score (nSPS) is 26.4. The van der Waals surface area contributed by atoms with Gasteiger partial charge in [-0.15, -0.1) is 11.8 Å². The number of ketones is 1. The second-order valence-electron chi connectivity index (χ2n) is 6.21. The standard InChI is InChI=1S/C17H21NO2S/c1-10(17(18)20)11-6-7-14-15(8-11)21-9-12-4-2-3-5-13(12)16(14)19/h6-8,10,12-13H,2-5,9H2,1H3,(H2,18,20)/t10-,12+,13-/m0/s1. The number of nitrogens with two attached hydrogens (primary N) is 1. The number of hydrogen-bond donors (Lipinski definition) is 1. The summed E-state index contributed by atoms with van der Waals surface area (Å²) in [4.78, 5) is 25.2.